The summed E-state index contributed by atoms with van der Waals surface area (Å²) in [5.74, 6) is 0.801. The first kappa shape index (κ1) is 8.77. The Balaban J connectivity index is 3.26. The highest BCUT2D eigenvalue weighted by Gasteiger charge is 2.10. The van der Waals surface area contributed by atoms with Gasteiger partial charge in [0.2, 0.25) is 5.95 Å². The lowest BCUT2D eigenvalue weighted by Gasteiger charge is -2.10. The van der Waals surface area contributed by atoms with E-state index < -0.39 is 0 Å². The summed E-state index contributed by atoms with van der Waals surface area (Å²) in [6.45, 7) is 1.83. The second-order valence-electron chi connectivity index (χ2n) is 2.95. The first-order valence-electron chi connectivity index (χ1n) is 3.73. The van der Waals surface area contributed by atoms with Crippen molar-refractivity contribution in [3.63, 3.8) is 0 Å². The van der Waals surface area contributed by atoms with Crippen LogP contribution in [0, 0.1) is 6.92 Å². The first-order chi connectivity index (χ1) is 5.57. The Labute approximate surface area is 71.8 Å². The van der Waals surface area contributed by atoms with E-state index >= 15 is 0 Å². The van der Waals surface area contributed by atoms with Gasteiger partial charge < -0.3 is 9.47 Å². The third-order valence-corrected chi connectivity index (χ3v) is 1.81. The van der Waals surface area contributed by atoms with Crippen LogP contribution in [0.25, 0.3) is 0 Å². The number of nitrogens with zero attached hydrogens (tertiary/aromatic N) is 3. The second-order valence-corrected chi connectivity index (χ2v) is 2.95. The number of imidazole rings is 1. The normalized spacial score (nSPS) is 10.0. The van der Waals surface area contributed by atoms with Gasteiger partial charge in [-0.3, -0.25) is 4.79 Å². The molecule has 1 aromatic rings. The number of aryl methyl sites for hydroxylation is 1. The molecule has 1 aromatic heterocycles. The average molecular weight is 167 g/mol. The standard InChI is InChI=1S/C8H13N3O/c1-6-7(5-12)11(4)8(9-6)10(2)3/h5H,1-4H3. The zero-order valence-electron chi connectivity index (χ0n) is 7.83. The Morgan fingerprint density at radius 1 is 1.50 bits per heavy atom. The second kappa shape index (κ2) is 2.97. The topological polar surface area (TPSA) is 38.1 Å². The molecule has 0 spiro atoms. The van der Waals surface area contributed by atoms with Crippen molar-refractivity contribution in [2.75, 3.05) is 19.0 Å². The lowest BCUT2D eigenvalue weighted by molar-refractivity contribution is 0.111. The van der Waals surface area contributed by atoms with Crippen LogP contribution >= 0.6 is 0 Å². The van der Waals surface area contributed by atoms with Crippen LogP contribution in [-0.4, -0.2) is 29.9 Å². The third kappa shape index (κ3) is 1.20. The van der Waals surface area contributed by atoms with Crippen molar-refractivity contribution in [2.24, 2.45) is 7.05 Å². The fraction of sp³-hybridized carbons (Fsp3) is 0.500. The highest BCUT2D eigenvalue weighted by atomic mass is 16.1. The largest absolute Gasteiger partial charge is 0.348 e. The van der Waals surface area contributed by atoms with Crippen LogP contribution in [0.15, 0.2) is 0 Å². The summed E-state index contributed by atoms with van der Waals surface area (Å²) < 4.78 is 1.78. The van der Waals surface area contributed by atoms with Crippen LogP contribution in [0.1, 0.15) is 16.2 Å². The minimum Gasteiger partial charge on any atom is -0.348 e. The number of rotatable bonds is 2. The molecule has 4 nitrogen and oxygen atoms in total. The Bertz CT molecular complexity index is 301. The smallest absolute Gasteiger partial charge is 0.205 e. The maximum atomic E-state index is 10.6. The SMILES string of the molecule is Cc1nc(N(C)C)n(C)c1C=O. The molecule has 4 heteroatoms. The summed E-state index contributed by atoms with van der Waals surface area (Å²) in [4.78, 5) is 16.7. The van der Waals surface area contributed by atoms with Crippen molar-refractivity contribution in [3.05, 3.63) is 11.4 Å². The first-order valence-corrected chi connectivity index (χ1v) is 3.73. The minimum atomic E-state index is 0.638. The summed E-state index contributed by atoms with van der Waals surface area (Å²) in [6, 6.07) is 0. The summed E-state index contributed by atoms with van der Waals surface area (Å²) in [5.41, 5.74) is 1.41. The molecule has 0 saturated carbocycles. The van der Waals surface area contributed by atoms with Gasteiger partial charge in [-0.25, -0.2) is 4.98 Å². The zero-order chi connectivity index (χ0) is 9.30. The molecular formula is C8H13N3O. The molecule has 0 aromatic carbocycles. The van der Waals surface area contributed by atoms with Crippen molar-refractivity contribution in [3.8, 4) is 0 Å². The Kier molecular flexibility index (Phi) is 2.17. The third-order valence-electron chi connectivity index (χ3n) is 1.81. The van der Waals surface area contributed by atoms with E-state index in [0.29, 0.717) is 5.69 Å². The van der Waals surface area contributed by atoms with Crippen molar-refractivity contribution >= 4 is 12.2 Å². The fourth-order valence-corrected chi connectivity index (χ4v) is 1.20. The van der Waals surface area contributed by atoms with Gasteiger partial charge in [-0.1, -0.05) is 0 Å². The van der Waals surface area contributed by atoms with Crippen molar-refractivity contribution in [1.82, 2.24) is 9.55 Å². The number of anilines is 1. The summed E-state index contributed by atoms with van der Waals surface area (Å²) in [7, 11) is 5.63. The van der Waals surface area contributed by atoms with Gasteiger partial charge in [0.05, 0.1) is 5.69 Å². The molecule has 0 atom stereocenters. The molecular weight excluding hydrogens is 154 g/mol. The summed E-state index contributed by atoms with van der Waals surface area (Å²) >= 11 is 0. The van der Waals surface area contributed by atoms with E-state index in [-0.39, 0.29) is 0 Å². The quantitative estimate of drug-likeness (QED) is 0.606. The molecule has 0 aliphatic rings. The molecule has 1 rings (SSSR count). The molecule has 0 unspecified atom stereocenters. The molecule has 0 fully saturated rings. The van der Waals surface area contributed by atoms with E-state index in [9.17, 15) is 4.79 Å². The highest BCUT2D eigenvalue weighted by Crippen LogP contribution is 2.13. The Morgan fingerprint density at radius 3 is 2.33 bits per heavy atom. The van der Waals surface area contributed by atoms with Crippen molar-refractivity contribution < 1.29 is 4.79 Å². The number of aromatic nitrogens is 2. The van der Waals surface area contributed by atoms with Gasteiger partial charge in [0.15, 0.2) is 6.29 Å². The lowest BCUT2D eigenvalue weighted by atomic mass is 10.4. The molecule has 0 saturated heterocycles. The highest BCUT2D eigenvalue weighted by molar-refractivity contribution is 5.75. The predicted molar refractivity (Wildman–Crippen MR) is 47.7 cm³/mol. The van der Waals surface area contributed by atoms with Gasteiger partial charge in [-0.05, 0) is 6.92 Å². The maximum Gasteiger partial charge on any atom is 0.205 e. The van der Waals surface area contributed by atoms with Gasteiger partial charge >= 0.3 is 0 Å². The fourth-order valence-electron chi connectivity index (χ4n) is 1.20. The maximum absolute atomic E-state index is 10.6. The molecule has 0 amide bonds. The number of hydrogen-bond acceptors (Lipinski definition) is 3. The number of hydrogen-bond donors (Lipinski definition) is 0. The molecule has 12 heavy (non-hydrogen) atoms. The molecule has 66 valence electrons. The van der Waals surface area contributed by atoms with Gasteiger partial charge in [0.1, 0.15) is 5.69 Å². The lowest BCUT2D eigenvalue weighted by Crippen LogP contribution is -2.14. The van der Waals surface area contributed by atoms with Gasteiger partial charge in [0.25, 0.3) is 0 Å². The van der Waals surface area contributed by atoms with E-state index in [1.807, 2.05) is 33.0 Å². The predicted octanol–water partition coefficient (Wildman–Crippen LogP) is 0.607. The van der Waals surface area contributed by atoms with Crippen molar-refractivity contribution in [2.45, 2.75) is 6.92 Å². The molecule has 0 aliphatic carbocycles. The Morgan fingerprint density at radius 2 is 2.08 bits per heavy atom. The van der Waals surface area contributed by atoms with E-state index in [1.165, 1.54) is 0 Å². The molecule has 0 bridgehead atoms. The van der Waals surface area contributed by atoms with Crippen LogP contribution in [0.2, 0.25) is 0 Å². The number of carbonyl (C=O) groups excluding carboxylic acids is 1. The zero-order valence-corrected chi connectivity index (χ0v) is 7.83. The van der Waals surface area contributed by atoms with Crippen LogP contribution in [-0.2, 0) is 7.05 Å². The van der Waals surface area contributed by atoms with Crippen molar-refractivity contribution in [1.29, 1.82) is 0 Å². The van der Waals surface area contributed by atoms with E-state index in [2.05, 4.69) is 4.98 Å². The molecule has 0 N–H and O–H groups in total. The van der Waals surface area contributed by atoms with E-state index in [4.69, 9.17) is 0 Å². The van der Waals surface area contributed by atoms with Crippen LogP contribution in [0.4, 0.5) is 5.95 Å². The number of carbonyl (C=O) groups is 1. The van der Waals surface area contributed by atoms with Crippen LogP contribution in [0.3, 0.4) is 0 Å². The number of aldehydes is 1. The van der Waals surface area contributed by atoms with Gasteiger partial charge in [0, 0.05) is 21.1 Å². The van der Waals surface area contributed by atoms with Crippen LogP contribution in [0.5, 0.6) is 0 Å². The average Bonchev–Trinajstić information content (AvgIpc) is 2.27. The Hall–Kier alpha value is -1.32. The summed E-state index contributed by atoms with van der Waals surface area (Å²) in [6.07, 6.45) is 0.829. The monoisotopic (exact) mass is 167 g/mol. The summed E-state index contributed by atoms with van der Waals surface area (Å²) in [5, 5.41) is 0. The molecule has 0 radical (unpaired) electrons. The molecule has 0 aliphatic heterocycles. The van der Waals surface area contributed by atoms with Gasteiger partial charge in [-0.15, -0.1) is 0 Å². The van der Waals surface area contributed by atoms with E-state index in [0.717, 1.165) is 17.9 Å². The van der Waals surface area contributed by atoms with Gasteiger partial charge in [-0.2, -0.15) is 0 Å². The minimum absolute atomic E-state index is 0.638. The molecule has 1 heterocycles. The van der Waals surface area contributed by atoms with E-state index in [1.54, 1.807) is 4.57 Å². The van der Waals surface area contributed by atoms with Crippen LogP contribution < -0.4 is 4.90 Å².